The highest BCUT2D eigenvalue weighted by Crippen LogP contribution is 2.42. The van der Waals surface area contributed by atoms with Crippen LogP contribution >= 0.6 is 11.1 Å². The summed E-state index contributed by atoms with van der Waals surface area (Å²) in [5.74, 6) is 0. The normalized spacial score (nSPS) is 15.3. The predicted molar refractivity (Wildman–Crippen MR) is 52.4 cm³/mol. The maximum absolute atomic E-state index is 6.24. The molecular formula is C8H19ClSi. The molecule has 0 aliphatic carbocycles. The van der Waals surface area contributed by atoms with Crippen molar-refractivity contribution in [3.63, 3.8) is 0 Å². The Bertz CT molecular complexity index is 79.0. The molecule has 0 aromatic heterocycles. The average molecular weight is 179 g/mol. The van der Waals surface area contributed by atoms with E-state index in [-0.39, 0.29) is 0 Å². The molecule has 0 saturated carbocycles. The molecule has 0 bridgehead atoms. The molecule has 0 aliphatic rings. The molecule has 10 heavy (non-hydrogen) atoms. The van der Waals surface area contributed by atoms with Crippen molar-refractivity contribution >= 4 is 19.2 Å². The average Bonchev–Trinajstić information content (AvgIpc) is 1.92. The van der Waals surface area contributed by atoms with E-state index in [1.54, 1.807) is 0 Å². The van der Waals surface area contributed by atoms with Gasteiger partial charge in [-0.15, -0.1) is 0 Å². The first-order valence-corrected chi connectivity index (χ1v) is 7.74. The summed E-state index contributed by atoms with van der Waals surface area (Å²) in [6.45, 7) is 9.04. The molecule has 0 aromatic carbocycles. The lowest BCUT2D eigenvalue weighted by Gasteiger charge is -2.32. The van der Waals surface area contributed by atoms with Gasteiger partial charge in [0.15, 0.2) is 0 Å². The minimum absolute atomic E-state index is 0.529. The van der Waals surface area contributed by atoms with Gasteiger partial charge >= 0.3 is 0 Å². The summed E-state index contributed by atoms with van der Waals surface area (Å²) in [5, 5.41) is 0.529. The Kier molecular flexibility index (Phi) is 4.62. The third-order valence-electron chi connectivity index (χ3n) is 2.96. The van der Waals surface area contributed by atoms with Gasteiger partial charge in [0.1, 0.15) is 8.11 Å². The third-order valence-corrected chi connectivity index (χ3v) is 7.26. The van der Waals surface area contributed by atoms with Crippen molar-refractivity contribution in [3.8, 4) is 0 Å². The molecule has 0 saturated heterocycles. The molecule has 0 rings (SSSR count). The van der Waals surface area contributed by atoms with Gasteiger partial charge in [-0.25, -0.2) is 0 Å². The topological polar surface area (TPSA) is 0 Å². The number of hydrogen-bond donors (Lipinski definition) is 0. The van der Waals surface area contributed by atoms with Crippen molar-refractivity contribution in [2.45, 2.75) is 51.6 Å². The first-order chi connectivity index (χ1) is 4.63. The van der Waals surface area contributed by atoms with E-state index < -0.39 is 8.11 Å². The summed E-state index contributed by atoms with van der Waals surface area (Å²) < 4.78 is 0. The molecular weight excluding hydrogens is 160 g/mol. The Morgan fingerprint density at radius 1 is 1.10 bits per heavy atom. The first kappa shape index (κ1) is 10.5. The fraction of sp³-hybridized carbons (Fsp3) is 1.00. The van der Waals surface area contributed by atoms with Crippen LogP contribution in [0.1, 0.15) is 40.0 Å². The van der Waals surface area contributed by atoms with Gasteiger partial charge in [-0.3, -0.25) is 0 Å². The van der Waals surface area contributed by atoms with Crippen LogP contribution in [0.5, 0.6) is 0 Å². The maximum Gasteiger partial charge on any atom is 0.144 e. The van der Waals surface area contributed by atoms with Crippen LogP contribution in [0.4, 0.5) is 0 Å². The Morgan fingerprint density at radius 3 is 1.40 bits per heavy atom. The molecule has 2 heteroatoms. The van der Waals surface area contributed by atoms with Gasteiger partial charge in [0, 0.05) is 0 Å². The molecule has 1 unspecified atom stereocenters. The first-order valence-electron chi connectivity index (χ1n) is 4.27. The third kappa shape index (κ3) is 1.99. The Labute approximate surface area is 71.3 Å². The number of rotatable bonds is 4. The van der Waals surface area contributed by atoms with Crippen molar-refractivity contribution in [2.24, 2.45) is 0 Å². The molecule has 0 amide bonds. The molecule has 0 N–H and O–H groups in total. The van der Waals surface area contributed by atoms with Gasteiger partial charge in [-0.05, 0) is 5.04 Å². The van der Waals surface area contributed by atoms with Gasteiger partial charge in [0.05, 0.1) is 0 Å². The zero-order valence-electron chi connectivity index (χ0n) is 7.58. The van der Waals surface area contributed by atoms with E-state index >= 15 is 0 Å². The zero-order valence-corrected chi connectivity index (χ0v) is 9.49. The van der Waals surface area contributed by atoms with Crippen LogP contribution in [0.2, 0.25) is 11.6 Å². The van der Waals surface area contributed by atoms with E-state index in [2.05, 4.69) is 27.3 Å². The summed E-state index contributed by atoms with van der Waals surface area (Å²) in [6.07, 6.45) is 3.78. The molecule has 0 radical (unpaired) electrons. The van der Waals surface area contributed by atoms with Gasteiger partial charge in [-0.1, -0.05) is 46.6 Å². The van der Waals surface area contributed by atoms with Gasteiger partial charge in [0.25, 0.3) is 0 Å². The van der Waals surface area contributed by atoms with Crippen molar-refractivity contribution in [1.82, 2.24) is 0 Å². The van der Waals surface area contributed by atoms with E-state index in [0.717, 1.165) is 0 Å². The standard InChI is InChI=1S/C8H19ClSi/c1-5-8(6-2,7-3)10(4)9/h10H,5-7H2,1-4H3. The Hall–Kier alpha value is 0.507. The zero-order chi connectivity index (χ0) is 8.20. The smallest absolute Gasteiger partial charge is 0.144 e. The SMILES string of the molecule is CCC(CC)(CC)[SiH](C)Cl. The van der Waals surface area contributed by atoms with Crippen LogP contribution in [0, 0.1) is 0 Å². The van der Waals surface area contributed by atoms with Crippen LogP contribution in [-0.2, 0) is 0 Å². The Morgan fingerprint density at radius 2 is 1.40 bits per heavy atom. The lowest BCUT2D eigenvalue weighted by molar-refractivity contribution is 0.494. The van der Waals surface area contributed by atoms with Crippen LogP contribution < -0.4 is 0 Å². The van der Waals surface area contributed by atoms with Gasteiger partial charge in [-0.2, -0.15) is 11.1 Å². The van der Waals surface area contributed by atoms with Crippen LogP contribution in [0.3, 0.4) is 0 Å². The van der Waals surface area contributed by atoms with Gasteiger partial charge in [0.2, 0.25) is 0 Å². The largest absolute Gasteiger partial charge is 0.171 e. The second kappa shape index (κ2) is 4.40. The molecule has 0 spiro atoms. The molecule has 0 aromatic rings. The van der Waals surface area contributed by atoms with E-state index in [4.69, 9.17) is 11.1 Å². The van der Waals surface area contributed by atoms with Crippen molar-refractivity contribution < 1.29 is 0 Å². The lowest BCUT2D eigenvalue weighted by atomic mass is 9.99. The van der Waals surface area contributed by atoms with Crippen molar-refractivity contribution in [1.29, 1.82) is 0 Å². The highest BCUT2D eigenvalue weighted by molar-refractivity contribution is 7.07. The summed E-state index contributed by atoms with van der Waals surface area (Å²) in [5.41, 5.74) is 0. The fourth-order valence-corrected chi connectivity index (χ4v) is 4.67. The fourth-order valence-electron chi connectivity index (χ4n) is 1.59. The van der Waals surface area contributed by atoms with Crippen molar-refractivity contribution in [3.05, 3.63) is 0 Å². The molecule has 0 aliphatic heterocycles. The van der Waals surface area contributed by atoms with Crippen LogP contribution in [0.15, 0.2) is 0 Å². The monoisotopic (exact) mass is 178 g/mol. The minimum atomic E-state index is -0.949. The van der Waals surface area contributed by atoms with Gasteiger partial charge < -0.3 is 0 Å². The molecule has 62 valence electrons. The van der Waals surface area contributed by atoms with E-state index in [0.29, 0.717) is 5.04 Å². The van der Waals surface area contributed by atoms with E-state index in [9.17, 15) is 0 Å². The minimum Gasteiger partial charge on any atom is -0.171 e. The summed E-state index contributed by atoms with van der Waals surface area (Å²) in [4.78, 5) is 0. The highest BCUT2D eigenvalue weighted by atomic mass is 35.6. The van der Waals surface area contributed by atoms with Crippen LogP contribution in [-0.4, -0.2) is 8.11 Å². The molecule has 0 fully saturated rings. The Balaban J connectivity index is 4.15. The van der Waals surface area contributed by atoms with E-state index in [1.807, 2.05) is 0 Å². The maximum atomic E-state index is 6.24. The summed E-state index contributed by atoms with van der Waals surface area (Å²) in [6, 6.07) is 0. The summed E-state index contributed by atoms with van der Waals surface area (Å²) >= 11 is 6.24. The highest BCUT2D eigenvalue weighted by Gasteiger charge is 2.30. The second-order valence-corrected chi connectivity index (χ2v) is 7.46. The van der Waals surface area contributed by atoms with E-state index in [1.165, 1.54) is 19.3 Å². The molecule has 1 atom stereocenters. The molecule has 0 nitrogen and oxygen atoms in total. The quantitative estimate of drug-likeness (QED) is 0.457. The number of halogens is 1. The second-order valence-electron chi connectivity index (χ2n) is 3.04. The predicted octanol–water partition coefficient (Wildman–Crippen LogP) is 3.55. The van der Waals surface area contributed by atoms with Crippen LogP contribution in [0.25, 0.3) is 0 Å². The number of hydrogen-bond acceptors (Lipinski definition) is 0. The lowest BCUT2D eigenvalue weighted by Crippen LogP contribution is -2.23. The van der Waals surface area contributed by atoms with Crippen molar-refractivity contribution in [2.75, 3.05) is 0 Å². The molecule has 0 heterocycles. The summed E-state index contributed by atoms with van der Waals surface area (Å²) in [7, 11) is -0.949.